The maximum atomic E-state index is 11.8. The van der Waals surface area contributed by atoms with E-state index in [9.17, 15) is 23.3 Å². The van der Waals surface area contributed by atoms with Gasteiger partial charge in [0.25, 0.3) is 14.7 Å². The highest BCUT2D eigenvalue weighted by Crippen LogP contribution is 2.29. The van der Waals surface area contributed by atoms with Crippen LogP contribution in [-0.2, 0) is 13.8 Å². The molecule has 0 saturated carbocycles. The predicted octanol–water partition coefficient (Wildman–Crippen LogP) is 2.79. The van der Waals surface area contributed by atoms with Crippen LogP contribution in [0.3, 0.4) is 0 Å². The van der Waals surface area contributed by atoms with Crippen molar-refractivity contribution in [2.24, 2.45) is 0 Å². The summed E-state index contributed by atoms with van der Waals surface area (Å²) in [6.07, 6.45) is 1.45. The van der Waals surface area contributed by atoms with Gasteiger partial charge in [0.05, 0.1) is 22.0 Å². The quantitative estimate of drug-likeness (QED) is 0.260. The number of carbonyl (C=O) groups is 1. The maximum Gasteiger partial charge on any atom is 0.338 e. The Labute approximate surface area is 126 Å². The summed E-state index contributed by atoms with van der Waals surface area (Å²) in [5.41, 5.74) is -0.845. The van der Waals surface area contributed by atoms with E-state index in [4.69, 9.17) is 15.4 Å². The van der Waals surface area contributed by atoms with Gasteiger partial charge in [0, 0.05) is 22.3 Å². The first kappa shape index (κ1) is 17.4. The number of nitro groups is 1. The lowest BCUT2D eigenvalue weighted by Gasteiger charge is -2.08. The molecule has 0 saturated heterocycles. The zero-order chi connectivity index (χ0) is 16.2. The molecule has 9 heteroatoms. The van der Waals surface area contributed by atoms with Crippen molar-refractivity contribution < 1.29 is 22.9 Å². The molecule has 0 bridgehead atoms. The van der Waals surface area contributed by atoms with E-state index in [1.807, 2.05) is 6.92 Å². The third-order valence-electron chi connectivity index (χ3n) is 2.76. The van der Waals surface area contributed by atoms with Gasteiger partial charge >= 0.3 is 5.97 Å². The molecule has 1 aromatic carbocycles. The van der Waals surface area contributed by atoms with Gasteiger partial charge in [-0.2, -0.15) is 0 Å². The number of unbranched alkanes of at least 4 members (excludes halogenated alkanes) is 1. The molecular formula is C12H14ClNO6S. The van der Waals surface area contributed by atoms with Gasteiger partial charge in [0.15, 0.2) is 0 Å². The number of benzene rings is 1. The SMILES string of the molecule is CCCCOC(=O)c1cc([N+](=O)[O-])c(C)c(S(=O)(=O)Cl)c1. The molecule has 0 N–H and O–H groups in total. The number of esters is 1. The summed E-state index contributed by atoms with van der Waals surface area (Å²) in [6.45, 7) is 3.31. The van der Waals surface area contributed by atoms with E-state index in [2.05, 4.69) is 0 Å². The van der Waals surface area contributed by atoms with Gasteiger partial charge in [0.1, 0.15) is 0 Å². The zero-order valence-corrected chi connectivity index (χ0v) is 13.0. The maximum absolute atomic E-state index is 11.8. The van der Waals surface area contributed by atoms with Crippen molar-refractivity contribution in [1.82, 2.24) is 0 Å². The predicted molar refractivity (Wildman–Crippen MR) is 76.1 cm³/mol. The van der Waals surface area contributed by atoms with Gasteiger partial charge in [-0.15, -0.1) is 0 Å². The molecule has 0 heterocycles. The molecule has 0 aliphatic rings. The molecule has 0 atom stereocenters. The van der Waals surface area contributed by atoms with Crippen molar-refractivity contribution in [1.29, 1.82) is 0 Å². The van der Waals surface area contributed by atoms with Crippen LogP contribution >= 0.6 is 10.7 Å². The summed E-state index contributed by atoms with van der Waals surface area (Å²) in [5, 5.41) is 11.0. The number of hydrogen-bond acceptors (Lipinski definition) is 6. The van der Waals surface area contributed by atoms with Crippen molar-refractivity contribution in [3.05, 3.63) is 33.4 Å². The smallest absolute Gasteiger partial charge is 0.338 e. The van der Waals surface area contributed by atoms with Crippen molar-refractivity contribution in [2.45, 2.75) is 31.6 Å². The molecule has 0 aromatic heterocycles. The lowest BCUT2D eigenvalue weighted by molar-refractivity contribution is -0.385. The van der Waals surface area contributed by atoms with Crippen LogP contribution in [0.2, 0.25) is 0 Å². The zero-order valence-electron chi connectivity index (χ0n) is 11.5. The summed E-state index contributed by atoms with van der Waals surface area (Å²) in [7, 11) is 1.03. The van der Waals surface area contributed by atoms with Gasteiger partial charge in [-0.25, -0.2) is 13.2 Å². The monoisotopic (exact) mass is 335 g/mol. The fraction of sp³-hybridized carbons (Fsp3) is 0.417. The van der Waals surface area contributed by atoms with E-state index < -0.39 is 30.5 Å². The second kappa shape index (κ2) is 6.86. The van der Waals surface area contributed by atoms with E-state index in [-0.39, 0.29) is 17.7 Å². The molecule has 0 radical (unpaired) electrons. The number of hydrogen-bond donors (Lipinski definition) is 0. The Morgan fingerprint density at radius 3 is 2.52 bits per heavy atom. The Balaban J connectivity index is 3.31. The molecule has 0 fully saturated rings. The van der Waals surface area contributed by atoms with Crippen LogP contribution in [0.15, 0.2) is 17.0 Å². The van der Waals surface area contributed by atoms with Crippen LogP contribution < -0.4 is 0 Å². The number of nitrogens with zero attached hydrogens (tertiary/aromatic N) is 1. The average molecular weight is 336 g/mol. The van der Waals surface area contributed by atoms with Crippen LogP contribution in [0.1, 0.15) is 35.7 Å². The minimum Gasteiger partial charge on any atom is -0.462 e. The molecule has 21 heavy (non-hydrogen) atoms. The summed E-state index contributed by atoms with van der Waals surface area (Å²) < 4.78 is 27.8. The molecule has 1 rings (SSSR count). The highest BCUT2D eigenvalue weighted by atomic mass is 35.7. The standard InChI is InChI=1S/C12H14ClNO6S/c1-3-4-5-20-12(15)9-6-10(14(16)17)8(2)11(7-9)21(13,18)19/h6-7H,3-5H2,1-2H3. The Hall–Kier alpha value is -1.67. The van der Waals surface area contributed by atoms with Crippen molar-refractivity contribution >= 4 is 31.4 Å². The summed E-state index contributed by atoms with van der Waals surface area (Å²) in [6, 6.07) is 1.97. The molecule has 0 aliphatic heterocycles. The second-order valence-electron chi connectivity index (χ2n) is 4.30. The average Bonchev–Trinajstić information content (AvgIpc) is 2.37. The normalized spacial score (nSPS) is 11.2. The van der Waals surface area contributed by atoms with E-state index in [1.165, 1.54) is 6.92 Å². The van der Waals surface area contributed by atoms with Gasteiger partial charge in [-0.05, 0) is 19.4 Å². The number of halogens is 1. The van der Waals surface area contributed by atoms with Gasteiger partial charge in [-0.3, -0.25) is 10.1 Å². The Morgan fingerprint density at radius 1 is 1.43 bits per heavy atom. The molecule has 116 valence electrons. The molecular weight excluding hydrogens is 322 g/mol. The van der Waals surface area contributed by atoms with Gasteiger partial charge < -0.3 is 4.74 Å². The largest absolute Gasteiger partial charge is 0.462 e. The fourth-order valence-electron chi connectivity index (χ4n) is 1.63. The lowest BCUT2D eigenvalue weighted by Crippen LogP contribution is -2.09. The van der Waals surface area contributed by atoms with Gasteiger partial charge in [0.2, 0.25) is 0 Å². The summed E-state index contributed by atoms with van der Waals surface area (Å²) in [4.78, 5) is 21.5. The molecule has 1 aromatic rings. The number of carbonyl (C=O) groups excluding carboxylic acids is 1. The summed E-state index contributed by atoms with van der Waals surface area (Å²) >= 11 is 0. The Morgan fingerprint density at radius 2 is 2.05 bits per heavy atom. The van der Waals surface area contributed by atoms with Crippen LogP contribution in [0.5, 0.6) is 0 Å². The van der Waals surface area contributed by atoms with E-state index in [1.54, 1.807) is 0 Å². The molecule has 7 nitrogen and oxygen atoms in total. The number of ether oxygens (including phenoxy) is 1. The van der Waals surface area contributed by atoms with E-state index in [0.29, 0.717) is 6.42 Å². The van der Waals surface area contributed by atoms with Crippen LogP contribution in [0.25, 0.3) is 0 Å². The Bertz CT molecular complexity index is 671. The Kier molecular flexibility index (Phi) is 5.68. The third kappa shape index (κ3) is 4.40. The third-order valence-corrected chi connectivity index (χ3v) is 4.21. The van der Waals surface area contributed by atoms with Crippen LogP contribution in [-0.4, -0.2) is 25.9 Å². The van der Waals surface area contributed by atoms with E-state index in [0.717, 1.165) is 18.6 Å². The summed E-state index contributed by atoms with van der Waals surface area (Å²) in [5.74, 6) is -0.826. The first-order valence-corrected chi connectivity index (χ1v) is 8.40. The fourth-order valence-corrected chi connectivity index (χ4v) is 2.85. The topological polar surface area (TPSA) is 104 Å². The van der Waals surface area contributed by atoms with Crippen molar-refractivity contribution in [2.75, 3.05) is 6.61 Å². The van der Waals surface area contributed by atoms with E-state index >= 15 is 0 Å². The lowest BCUT2D eigenvalue weighted by atomic mass is 10.1. The molecule has 0 aliphatic carbocycles. The first-order valence-electron chi connectivity index (χ1n) is 6.09. The minimum absolute atomic E-state index is 0.125. The van der Waals surface area contributed by atoms with Crippen LogP contribution in [0, 0.1) is 17.0 Å². The molecule has 0 amide bonds. The van der Waals surface area contributed by atoms with Crippen molar-refractivity contribution in [3.63, 3.8) is 0 Å². The van der Waals surface area contributed by atoms with Crippen LogP contribution in [0.4, 0.5) is 5.69 Å². The highest BCUT2D eigenvalue weighted by Gasteiger charge is 2.25. The second-order valence-corrected chi connectivity index (χ2v) is 6.84. The molecule has 0 spiro atoms. The number of nitro benzene ring substituents is 1. The molecule has 0 unspecified atom stereocenters. The van der Waals surface area contributed by atoms with Crippen molar-refractivity contribution in [3.8, 4) is 0 Å². The number of rotatable bonds is 6. The first-order chi connectivity index (χ1) is 9.68. The van der Waals surface area contributed by atoms with Gasteiger partial charge in [-0.1, -0.05) is 13.3 Å². The minimum atomic E-state index is -4.21. The highest BCUT2D eigenvalue weighted by molar-refractivity contribution is 8.13.